The van der Waals surface area contributed by atoms with Crippen molar-refractivity contribution in [1.82, 2.24) is 10.2 Å². The molecule has 0 aromatic carbocycles. The van der Waals surface area contributed by atoms with Crippen LogP contribution < -0.4 is 5.32 Å². The fourth-order valence-electron chi connectivity index (χ4n) is 2.68. The molecular weight excluding hydrogens is 272 g/mol. The number of aliphatic hydroxyl groups is 1. The zero-order valence-electron chi connectivity index (χ0n) is 13.3. The van der Waals surface area contributed by atoms with E-state index in [0.717, 1.165) is 25.7 Å². The summed E-state index contributed by atoms with van der Waals surface area (Å²) in [5.41, 5.74) is 0. The van der Waals surface area contributed by atoms with E-state index in [1.54, 1.807) is 13.8 Å². The monoisotopic (exact) mass is 300 g/mol. The van der Waals surface area contributed by atoms with Crippen LogP contribution in [0.3, 0.4) is 0 Å². The Hall–Kier alpha value is -1.30. The van der Waals surface area contributed by atoms with Crippen LogP contribution in [-0.2, 0) is 9.53 Å². The van der Waals surface area contributed by atoms with Gasteiger partial charge in [-0.2, -0.15) is 0 Å². The lowest BCUT2D eigenvalue weighted by Crippen LogP contribution is -2.49. The minimum absolute atomic E-state index is 0.205. The zero-order chi connectivity index (χ0) is 15.8. The molecule has 2 atom stereocenters. The quantitative estimate of drug-likeness (QED) is 0.729. The third kappa shape index (κ3) is 6.33. The summed E-state index contributed by atoms with van der Waals surface area (Å²) in [7, 11) is 1.33. The highest BCUT2D eigenvalue weighted by molar-refractivity contribution is 5.76. The van der Waals surface area contributed by atoms with E-state index in [1.165, 1.54) is 18.4 Å². The number of carbonyl (C=O) groups is 2. The number of hydrogen-bond donors (Lipinski definition) is 2. The van der Waals surface area contributed by atoms with Crippen molar-refractivity contribution in [1.29, 1.82) is 0 Å². The normalized spacial score (nSPS) is 18.7. The number of aliphatic hydroxyl groups excluding tert-OH is 1. The van der Waals surface area contributed by atoms with Gasteiger partial charge in [0.15, 0.2) is 0 Å². The van der Waals surface area contributed by atoms with Crippen molar-refractivity contribution >= 4 is 12.0 Å². The maximum Gasteiger partial charge on any atom is 0.317 e. The smallest absolute Gasteiger partial charge is 0.317 e. The number of ether oxygens (including phenoxy) is 1. The molecule has 1 rings (SSSR count). The number of carbonyl (C=O) groups excluding carboxylic acids is 2. The molecule has 1 fully saturated rings. The van der Waals surface area contributed by atoms with Crippen LogP contribution in [0.5, 0.6) is 0 Å². The Morgan fingerprint density at radius 1 is 1.24 bits per heavy atom. The van der Waals surface area contributed by atoms with Gasteiger partial charge in [-0.15, -0.1) is 0 Å². The van der Waals surface area contributed by atoms with Crippen LogP contribution >= 0.6 is 0 Å². The fourth-order valence-corrected chi connectivity index (χ4v) is 2.68. The molecule has 0 spiro atoms. The molecule has 0 aromatic rings. The molecule has 0 aromatic heterocycles. The molecule has 6 heteroatoms. The molecular formula is C15H28N2O4. The summed E-state index contributed by atoms with van der Waals surface area (Å²) in [6.45, 7) is 3.80. The first kappa shape index (κ1) is 17.8. The third-order valence-electron chi connectivity index (χ3n) is 3.80. The highest BCUT2D eigenvalue weighted by Gasteiger charge is 2.24. The molecule has 0 radical (unpaired) electrons. The SMILES string of the molecule is COC(=O)C(C)CN(CC(C)O)C(=O)NC1CCCCC1. The van der Waals surface area contributed by atoms with E-state index in [2.05, 4.69) is 10.1 Å². The van der Waals surface area contributed by atoms with Gasteiger partial charge in [-0.3, -0.25) is 4.79 Å². The number of amides is 2. The average molecular weight is 300 g/mol. The predicted octanol–water partition coefficient (Wildman–Crippen LogP) is 1.52. The van der Waals surface area contributed by atoms with Crippen LogP contribution in [0.2, 0.25) is 0 Å². The van der Waals surface area contributed by atoms with E-state index < -0.39 is 12.0 Å². The first-order chi connectivity index (χ1) is 9.93. The Labute approximate surface area is 126 Å². The fraction of sp³-hybridized carbons (Fsp3) is 0.867. The summed E-state index contributed by atoms with van der Waals surface area (Å²) in [5, 5.41) is 12.6. The average Bonchev–Trinajstić information content (AvgIpc) is 2.46. The lowest BCUT2D eigenvalue weighted by atomic mass is 9.96. The van der Waals surface area contributed by atoms with Crippen LogP contribution in [0.25, 0.3) is 0 Å². The van der Waals surface area contributed by atoms with Gasteiger partial charge in [0, 0.05) is 19.1 Å². The van der Waals surface area contributed by atoms with E-state index in [4.69, 9.17) is 0 Å². The Balaban J connectivity index is 2.57. The summed E-state index contributed by atoms with van der Waals surface area (Å²) in [5.74, 6) is -0.762. The minimum Gasteiger partial charge on any atom is -0.469 e. The first-order valence-corrected chi connectivity index (χ1v) is 7.75. The highest BCUT2D eigenvalue weighted by atomic mass is 16.5. The van der Waals surface area contributed by atoms with Crippen molar-refractivity contribution in [2.75, 3.05) is 20.2 Å². The molecule has 1 aliphatic carbocycles. The second-order valence-corrected chi connectivity index (χ2v) is 5.96. The number of nitrogens with zero attached hydrogens (tertiary/aromatic N) is 1. The Kier molecular flexibility index (Phi) is 7.50. The number of nitrogens with one attached hydrogen (secondary N) is 1. The topological polar surface area (TPSA) is 78.9 Å². The molecule has 6 nitrogen and oxygen atoms in total. The molecule has 122 valence electrons. The summed E-state index contributed by atoms with van der Waals surface area (Å²) < 4.78 is 4.69. The van der Waals surface area contributed by atoms with E-state index in [-0.39, 0.29) is 31.1 Å². The van der Waals surface area contributed by atoms with Gasteiger partial charge in [-0.25, -0.2) is 4.79 Å². The van der Waals surface area contributed by atoms with Crippen molar-refractivity contribution in [3.63, 3.8) is 0 Å². The van der Waals surface area contributed by atoms with Crippen LogP contribution in [0.1, 0.15) is 46.0 Å². The molecule has 1 saturated carbocycles. The van der Waals surface area contributed by atoms with Gasteiger partial charge in [0.25, 0.3) is 0 Å². The Bertz CT molecular complexity index is 341. The van der Waals surface area contributed by atoms with E-state index >= 15 is 0 Å². The lowest BCUT2D eigenvalue weighted by molar-refractivity contribution is -0.145. The number of hydrogen-bond acceptors (Lipinski definition) is 4. The van der Waals surface area contributed by atoms with E-state index in [9.17, 15) is 14.7 Å². The molecule has 0 aliphatic heterocycles. The third-order valence-corrected chi connectivity index (χ3v) is 3.80. The van der Waals surface area contributed by atoms with Gasteiger partial charge in [0.1, 0.15) is 0 Å². The molecule has 21 heavy (non-hydrogen) atoms. The largest absolute Gasteiger partial charge is 0.469 e. The first-order valence-electron chi connectivity index (χ1n) is 7.75. The van der Waals surface area contributed by atoms with Gasteiger partial charge in [0.2, 0.25) is 0 Å². The van der Waals surface area contributed by atoms with Gasteiger partial charge < -0.3 is 20.1 Å². The van der Waals surface area contributed by atoms with E-state index in [1.807, 2.05) is 0 Å². The van der Waals surface area contributed by atoms with Gasteiger partial charge in [-0.1, -0.05) is 26.2 Å². The second kappa shape index (κ2) is 8.87. The van der Waals surface area contributed by atoms with Crippen LogP contribution in [0.15, 0.2) is 0 Å². The summed E-state index contributed by atoms with van der Waals surface area (Å²) in [6, 6.07) is -0.00488. The zero-order valence-corrected chi connectivity index (χ0v) is 13.3. The summed E-state index contributed by atoms with van der Waals surface area (Å²) in [4.78, 5) is 25.3. The summed E-state index contributed by atoms with van der Waals surface area (Å²) in [6.07, 6.45) is 4.87. The molecule has 2 amide bonds. The molecule has 2 unspecified atom stereocenters. The molecule has 0 saturated heterocycles. The number of rotatable bonds is 6. The van der Waals surface area contributed by atoms with Crippen LogP contribution in [0.4, 0.5) is 4.79 Å². The van der Waals surface area contributed by atoms with Crippen LogP contribution in [0, 0.1) is 5.92 Å². The van der Waals surface area contributed by atoms with Crippen molar-refractivity contribution in [3.05, 3.63) is 0 Å². The van der Waals surface area contributed by atoms with Gasteiger partial charge in [0.05, 0.1) is 19.1 Å². The summed E-state index contributed by atoms with van der Waals surface area (Å²) >= 11 is 0. The second-order valence-electron chi connectivity index (χ2n) is 5.96. The number of urea groups is 1. The molecule has 2 N–H and O–H groups in total. The molecule has 1 aliphatic rings. The lowest BCUT2D eigenvalue weighted by Gasteiger charge is -2.30. The predicted molar refractivity (Wildman–Crippen MR) is 79.8 cm³/mol. The number of esters is 1. The minimum atomic E-state index is -0.632. The number of methoxy groups -OCH3 is 1. The molecule has 0 heterocycles. The van der Waals surface area contributed by atoms with Crippen molar-refractivity contribution in [3.8, 4) is 0 Å². The molecule has 0 bridgehead atoms. The van der Waals surface area contributed by atoms with Crippen molar-refractivity contribution in [2.24, 2.45) is 5.92 Å². The van der Waals surface area contributed by atoms with Crippen molar-refractivity contribution in [2.45, 2.75) is 58.1 Å². The van der Waals surface area contributed by atoms with Crippen LogP contribution in [-0.4, -0.2) is 54.4 Å². The van der Waals surface area contributed by atoms with Gasteiger partial charge in [-0.05, 0) is 19.8 Å². The Morgan fingerprint density at radius 2 is 1.86 bits per heavy atom. The van der Waals surface area contributed by atoms with E-state index in [0.29, 0.717) is 0 Å². The maximum atomic E-state index is 12.3. The maximum absolute atomic E-state index is 12.3. The highest BCUT2D eigenvalue weighted by Crippen LogP contribution is 2.17. The Morgan fingerprint density at radius 3 is 2.38 bits per heavy atom. The standard InChI is InChI=1S/C15H28N2O4/c1-11(14(19)21-3)9-17(10-12(2)18)15(20)16-13-7-5-4-6-8-13/h11-13,18H,4-10H2,1-3H3,(H,16,20). The van der Waals surface area contributed by atoms with Gasteiger partial charge >= 0.3 is 12.0 Å². The van der Waals surface area contributed by atoms with Crippen molar-refractivity contribution < 1.29 is 19.4 Å².